The van der Waals surface area contributed by atoms with E-state index in [1.165, 1.54) is 24.2 Å². The first-order valence-electron chi connectivity index (χ1n) is 4.75. The Kier molecular flexibility index (Phi) is 4.76. The third-order valence-corrected chi connectivity index (χ3v) is 3.01. The van der Waals surface area contributed by atoms with Crippen LogP contribution in [0.2, 0.25) is 0 Å². The van der Waals surface area contributed by atoms with Gasteiger partial charge in [0.15, 0.2) is 0 Å². The van der Waals surface area contributed by atoms with E-state index in [1.807, 2.05) is 23.9 Å². The summed E-state index contributed by atoms with van der Waals surface area (Å²) < 4.78 is 0. The predicted molar refractivity (Wildman–Crippen MR) is 61.9 cm³/mol. The van der Waals surface area contributed by atoms with Crippen LogP contribution in [-0.2, 0) is 5.75 Å². The van der Waals surface area contributed by atoms with E-state index >= 15 is 0 Å². The van der Waals surface area contributed by atoms with Gasteiger partial charge in [-0.15, -0.1) is 0 Å². The average Bonchev–Trinajstić information content (AvgIpc) is 2.15. The molecule has 0 aromatic heterocycles. The van der Waals surface area contributed by atoms with E-state index in [2.05, 4.69) is 19.1 Å². The minimum Gasteiger partial charge on any atom is -0.399 e. The van der Waals surface area contributed by atoms with E-state index < -0.39 is 0 Å². The molecule has 0 saturated carbocycles. The molecule has 0 spiro atoms. The van der Waals surface area contributed by atoms with Crippen molar-refractivity contribution in [2.24, 2.45) is 0 Å². The minimum absolute atomic E-state index is 0.849. The van der Waals surface area contributed by atoms with Gasteiger partial charge in [-0.25, -0.2) is 0 Å². The van der Waals surface area contributed by atoms with Crippen molar-refractivity contribution in [3.8, 4) is 0 Å². The van der Waals surface area contributed by atoms with Crippen LogP contribution in [-0.4, -0.2) is 5.75 Å². The van der Waals surface area contributed by atoms with Crippen LogP contribution in [0.1, 0.15) is 25.3 Å². The maximum Gasteiger partial charge on any atom is 0.0314 e. The molecular weight excluding hydrogens is 178 g/mol. The van der Waals surface area contributed by atoms with Crippen molar-refractivity contribution in [1.82, 2.24) is 0 Å². The average molecular weight is 195 g/mol. The molecule has 0 radical (unpaired) electrons. The largest absolute Gasteiger partial charge is 0.399 e. The number of unbranched alkanes of at least 4 members (excludes halogenated alkanes) is 1. The molecule has 0 amide bonds. The quantitative estimate of drug-likeness (QED) is 0.576. The summed E-state index contributed by atoms with van der Waals surface area (Å²) >= 11 is 2.00. The van der Waals surface area contributed by atoms with E-state index in [4.69, 9.17) is 5.73 Å². The van der Waals surface area contributed by atoms with Crippen LogP contribution in [0.4, 0.5) is 5.69 Å². The number of nitrogens with two attached hydrogens (primary N) is 1. The summed E-state index contributed by atoms with van der Waals surface area (Å²) in [6.45, 7) is 2.23. The lowest BCUT2D eigenvalue weighted by Crippen LogP contribution is -1.86. The highest BCUT2D eigenvalue weighted by Crippen LogP contribution is 2.14. The van der Waals surface area contributed by atoms with Gasteiger partial charge < -0.3 is 5.73 Å². The molecule has 1 aromatic rings. The third-order valence-electron chi connectivity index (χ3n) is 1.89. The highest BCUT2D eigenvalue weighted by molar-refractivity contribution is 7.98. The van der Waals surface area contributed by atoms with Gasteiger partial charge in [-0.05, 0) is 29.9 Å². The Balaban J connectivity index is 2.25. The zero-order chi connectivity index (χ0) is 9.52. The van der Waals surface area contributed by atoms with Crippen LogP contribution in [0.25, 0.3) is 0 Å². The van der Waals surface area contributed by atoms with Crippen LogP contribution in [0, 0.1) is 0 Å². The second-order valence-corrected chi connectivity index (χ2v) is 4.25. The Bertz CT molecular complexity index is 230. The molecule has 0 saturated heterocycles. The fourth-order valence-electron chi connectivity index (χ4n) is 1.05. The lowest BCUT2D eigenvalue weighted by Gasteiger charge is -2.01. The monoisotopic (exact) mass is 195 g/mol. The Hall–Kier alpha value is -0.630. The van der Waals surface area contributed by atoms with Crippen molar-refractivity contribution in [2.75, 3.05) is 11.5 Å². The number of anilines is 1. The van der Waals surface area contributed by atoms with Crippen LogP contribution >= 0.6 is 11.8 Å². The standard InChI is InChI=1S/C11H17NS/c1-2-3-8-13-9-10-4-6-11(12)7-5-10/h4-7H,2-3,8-9,12H2,1H3. The van der Waals surface area contributed by atoms with Crippen molar-refractivity contribution < 1.29 is 0 Å². The second-order valence-electron chi connectivity index (χ2n) is 3.15. The molecule has 0 heterocycles. The molecule has 72 valence electrons. The highest BCUT2D eigenvalue weighted by Gasteiger charge is 1.92. The van der Waals surface area contributed by atoms with E-state index in [-0.39, 0.29) is 0 Å². The topological polar surface area (TPSA) is 26.0 Å². The first kappa shape index (κ1) is 10.5. The maximum atomic E-state index is 5.60. The van der Waals surface area contributed by atoms with Crippen molar-refractivity contribution in [3.05, 3.63) is 29.8 Å². The van der Waals surface area contributed by atoms with Gasteiger partial charge in [-0.1, -0.05) is 25.5 Å². The van der Waals surface area contributed by atoms with Gasteiger partial charge >= 0.3 is 0 Å². The first-order chi connectivity index (χ1) is 6.33. The molecule has 0 bridgehead atoms. The number of thioether (sulfide) groups is 1. The van der Waals surface area contributed by atoms with Crippen molar-refractivity contribution in [2.45, 2.75) is 25.5 Å². The van der Waals surface area contributed by atoms with Gasteiger partial charge in [-0.2, -0.15) is 11.8 Å². The molecule has 0 aliphatic heterocycles. The van der Waals surface area contributed by atoms with Crippen molar-refractivity contribution in [3.63, 3.8) is 0 Å². The fraction of sp³-hybridized carbons (Fsp3) is 0.455. The molecule has 0 aliphatic rings. The van der Waals surface area contributed by atoms with Gasteiger partial charge in [0.25, 0.3) is 0 Å². The molecule has 1 rings (SSSR count). The minimum atomic E-state index is 0.849. The summed E-state index contributed by atoms with van der Waals surface area (Å²) in [5.41, 5.74) is 7.82. The smallest absolute Gasteiger partial charge is 0.0314 e. The first-order valence-corrected chi connectivity index (χ1v) is 5.90. The third kappa shape index (κ3) is 4.23. The SMILES string of the molecule is CCCCSCc1ccc(N)cc1. The van der Waals surface area contributed by atoms with Gasteiger partial charge in [-0.3, -0.25) is 0 Å². The predicted octanol–water partition coefficient (Wildman–Crippen LogP) is 3.30. The Labute approximate surface area is 84.7 Å². The lowest BCUT2D eigenvalue weighted by molar-refractivity contribution is 0.896. The van der Waals surface area contributed by atoms with E-state index in [1.54, 1.807) is 0 Å². The molecule has 2 heteroatoms. The zero-order valence-electron chi connectivity index (χ0n) is 8.12. The van der Waals surface area contributed by atoms with Crippen molar-refractivity contribution >= 4 is 17.4 Å². The molecule has 0 fully saturated rings. The Morgan fingerprint density at radius 1 is 1.23 bits per heavy atom. The lowest BCUT2D eigenvalue weighted by atomic mass is 10.2. The van der Waals surface area contributed by atoms with E-state index in [0.29, 0.717) is 0 Å². The van der Waals surface area contributed by atoms with Crippen LogP contribution in [0.3, 0.4) is 0 Å². The summed E-state index contributed by atoms with van der Waals surface area (Å²) in [5.74, 6) is 2.38. The number of nitrogen functional groups attached to an aromatic ring is 1. The number of hydrogen-bond acceptors (Lipinski definition) is 2. The molecular formula is C11H17NS. The number of rotatable bonds is 5. The highest BCUT2D eigenvalue weighted by atomic mass is 32.2. The Morgan fingerprint density at radius 3 is 2.54 bits per heavy atom. The van der Waals surface area contributed by atoms with E-state index in [9.17, 15) is 0 Å². The molecule has 1 aromatic carbocycles. The number of hydrogen-bond donors (Lipinski definition) is 1. The van der Waals surface area contributed by atoms with Gasteiger partial charge in [0.05, 0.1) is 0 Å². The molecule has 0 aliphatic carbocycles. The summed E-state index contributed by atoms with van der Waals surface area (Å²) in [7, 11) is 0. The van der Waals surface area contributed by atoms with Gasteiger partial charge in [0, 0.05) is 11.4 Å². The van der Waals surface area contributed by atoms with Crippen LogP contribution in [0.5, 0.6) is 0 Å². The summed E-state index contributed by atoms with van der Waals surface area (Å²) in [6, 6.07) is 8.15. The van der Waals surface area contributed by atoms with Gasteiger partial charge in [0.2, 0.25) is 0 Å². The zero-order valence-corrected chi connectivity index (χ0v) is 8.94. The molecule has 0 unspecified atom stereocenters. The molecule has 0 atom stereocenters. The number of benzene rings is 1. The van der Waals surface area contributed by atoms with Crippen LogP contribution in [0.15, 0.2) is 24.3 Å². The molecule has 1 nitrogen and oxygen atoms in total. The normalized spacial score (nSPS) is 10.2. The molecule has 13 heavy (non-hydrogen) atoms. The maximum absolute atomic E-state index is 5.60. The van der Waals surface area contributed by atoms with Crippen molar-refractivity contribution in [1.29, 1.82) is 0 Å². The fourth-order valence-corrected chi connectivity index (χ4v) is 2.12. The molecule has 2 N–H and O–H groups in total. The summed E-state index contributed by atoms with van der Waals surface area (Å²) in [4.78, 5) is 0. The van der Waals surface area contributed by atoms with E-state index in [0.717, 1.165) is 11.4 Å². The Morgan fingerprint density at radius 2 is 1.92 bits per heavy atom. The summed E-state index contributed by atoms with van der Waals surface area (Å²) in [6.07, 6.45) is 2.61. The van der Waals surface area contributed by atoms with Gasteiger partial charge in [0.1, 0.15) is 0 Å². The van der Waals surface area contributed by atoms with Crippen LogP contribution < -0.4 is 5.73 Å². The summed E-state index contributed by atoms with van der Waals surface area (Å²) in [5, 5.41) is 0. The second kappa shape index (κ2) is 5.92.